The van der Waals surface area contributed by atoms with Gasteiger partial charge in [0.05, 0.1) is 6.54 Å². The van der Waals surface area contributed by atoms with E-state index >= 15 is 0 Å². The lowest BCUT2D eigenvalue weighted by Crippen LogP contribution is -2.34. The zero-order valence-corrected chi connectivity index (χ0v) is 9.26. The molecule has 1 rings (SSSR count). The van der Waals surface area contributed by atoms with Crippen LogP contribution >= 0.6 is 12.6 Å². The summed E-state index contributed by atoms with van der Waals surface area (Å²) in [5, 5.41) is 3.25. The highest BCUT2D eigenvalue weighted by Crippen LogP contribution is 2.20. The molecular weight excluding hydrogens is 238 g/mol. The third kappa shape index (κ3) is 2.87. The van der Waals surface area contributed by atoms with Crippen molar-refractivity contribution in [3.63, 3.8) is 0 Å². The fourth-order valence-corrected chi connectivity index (χ4v) is 1.54. The molecule has 0 aliphatic rings. The van der Waals surface area contributed by atoms with E-state index in [1.165, 1.54) is 0 Å². The molecule has 0 radical (unpaired) electrons. The summed E-state index contributed by atoms with van der Waals surface area (Å²) >= 11 is 3.97. The smallest absolute Gasteiger partial charge is 0.445 e. The van der Waals surface area contributed by atoms with Crippen LogP contribution in [0.5, 0.6) is 0 Å². The van der Waals surface area contributed by atoms with Gasteiger partial charge in [0.1, 0.15) is 0 Å². The number of hydrogen-bond acceptors (Lipinski definition) is 2. The first-order valence-electron chi connectivity index (χ1n) is 4.39. The van der Waals surface area contributed by atoms with Crippen LogP contribution in [0.4, 0.5) is 12.9 Å². The summed E-state index contributed by atoms with van der Waals surface area (Å²) in [5.74, 6) is 0. The van der Waals surface area contributed by atoms with Crippen molar-refractivity contribution in [3.05, 3.63) is 33.7 Å². The van der Waals surface area contributed by atoms with Crippen LogP contribution in [0.25, 0.3) is 10.4 Å². The molecule has 0 N–H and O–H groups in total. The zero-order valence-electron chi connectivity index (χ0n) is 8.36. The molecule has 0 aliphatic carbocycles. The number of benzene rings is 1. The fourth-order valence-electron chi connectivity index (χ4n) is 1.24. The van der Waals surface area contributed by atoms with E-state index in [0.29, 0.717) is 11.1 Å². The van der Waals surface area contributed by atoms with Gasteiger partial charge in [-0.1, -0.05) is 17.2 Å². The van der Waals surface area contributed by atoms with E-state index in [0.717, 1.165) is 12.1 Å². The Balaban J connectivity index is 3.27. The molecule has 8 heteroatoms. The molecule has 0 unspecified atom stereocenters. The normalized spacial score (nSPS) is 11.1. The van der Waals surface area contributed by atoms with Crippen molar-refractivity contribution in [2.45, 2.75) is 18.4 Å². The first-order valence-corrected chi connectivity index (χ1v) is 4.84. The van der Waals surface area contributed by atoms with E-state index in [4.69, 9.17) is 5.53 Å². The lowest BCUT2D eigenvalue weighted by Gasteiger charge is -2.18. The van der Waals surface area contributed by atoms with E-state index in [2.05, 4.69) is 22.7 Å². The van der Waals surface area contributed by atoms with Crippen LogP contribution in [0.15, 0.2) is 22.1 Å². The topological polar surface area (TPSA) is 48.8 Å². The maximum atomic E-state index is 12.5. The van der Waals surface area contributed by atoms with Gasteiger partial charge in [0.15, 0.2) is 0 Å². The third-order valence-electron chi connectivity index (χ3n) is 2.19. The lowest BCUT2D eigenvalue weighted by atomic mass is 9.78. The van der Waals surface area contributed by atoms with Crippen LogP contribution in [0.1, 0.15) is 11.1 Å². The van der Waals surface area contributed by atoms with Crippen LogP contribution in [0, 0.1) is 6.92 Å². The second-order valence-corrected chi connectivity index (χ2v) is 3.77. The van der Waals surface area contributed by atoms with E-state index < -0.39 is 12.4 Å². The molecule has 3 nitrogen and oxygen atoms in total. The second kappa shape index (κ2) is 4.72. The molecule has 0 atom stereocenters. The van der Waals surface area contributed by atoms with Crippen molar-refractivity contribution >= 4 is 25.1 Å². The van der Waals surface area contributed by atoms with Crippen LogP contribution in [0.3, 0.4) is 0 Å². The Morgan fingerprint density at radius 3 is 2.56 bits per heavy atom. The molecule has 0 amide bonds. The summed E-state index contributed by atoms with van der Waals surface area (Å²) in [6.45, 7) is -3.52. The van der Waals surface area contributed by atoms with E-state index in [1.54, 1.807) is 6.92 Å². The van der Waals surface area contributed by atoms with Crippen molar-refractivity contribution in [1.29, 1.82) is 0 Å². The summed E-state index contributed by atoms with van der Waals surface area (Å²) in [4.78, 5) is 2.77. The molecule has 0 saturated carbocycles. The Morgan fingerprint density at radius 1 is 1.44 bits per heavy atom. The monoisotopic (exact) mass is 246 g/mol. The molecule has 86 valence electrons. The van der Waals surface area contributed by atoms with Gasteiger partial charge in [-0.15, -0.1) is 18.1 Å². The highest BCUT2D eigenvalue weighted by molar-refractivity contribution is 7.80. The van der Waals surface area contributed by atoms with Crippen LogP contribution < -0.4 is 5.46 Å². The van der Waals surface area contributed by atoms with E-state index in [-0.39, 0.29) is 11.4 Å². The molecule has 1 aromatic rings. The van der Waals surface area contributed by atoms with Crippen LogP contribution in [0.2, 0.25) is 0 Å². The van der Waals surface area contributed by atoms with Gasteiger partial charge in [-0.2, -0.15) is 0 Å². The van der Waals surface area contributed by atoms with Gasteiger partial charge in [-0.3, -0.25) is 0 Å². The standard InChI is InChI=1S/C8H8BF3N3S/c1-5-6(4-14-15-13)2-7(3-8(5)16)9(10,11)12/h2-3,16H,4H2,1H3/q-1. The number of nitrogens with zero attached hydrogens (tertiary/aromatic N) is 3. The molecule has 0 heterocycles. The average molecular weight is 246 g/mol. The number of thiol groups is 1. The summed E-state index contributed by atoms with van der Waals surface area (Å²) < 4.78 is 37.6. The molecule has 0 fully saturated rings. The van der Waals surface area contributed by atoms with Crippen molar-refractivity contribution in [3.8, 4) is 0 Å². The Hall–Kier alpha value is -1.27. The zero-order chi connectivity index (χ0) is 12.3. The first-order chi connectivity index (χ1) is 7.36. The molecular formula is C8H8BF3N3S-. The predicted molar refractivity (Wildman–Crippen MR) is 60.0 cm³/mol. The van der Waals surface area contributed by atoms with Crippen LogP contribution in [-0.2, 0) is 6.54 Å². The molecule has 16 heavy (non-hydrogen) atoms. The van der Waals surface area contributed by atoms with Gasteiger partial charge in [0.2, 0.25) is 0 Å². The maximum Gasteiger partial charge on any atom is 0.509 e. The van der Waals surface area contributed by atoms with E-state index in [9.17, 15) is 12.9 Å². The molecule has 0 saturated heterocycles. The van der Waals surface area contributed by atoms with Gasteiger partial charge >= 0.3 is 6.98 Å². The third-order valence-corrected chi connectivity index (χ3v) is 2.66. The highest BCUT2D eigenvalue weighted by Gasteiger charge is 2.26. The van der Waals surface area contributed by atoms with Crippen molar-refractivity contribution in [2.75, 3.05) is 0 Å². The van der Waals surface area contributed by atoms with Gasteiger partial charge in [-0.05, 0) is 23.6 Å². The second-order valence-electron chi connectivity index (χ2n) is 3.29. The first kappa shape index (κ1) is 12.8. The summed E-state index contributed by atoms with van der Waals surface area (Å²) in [6.07, 6.45) is 0. The Labute approximate surface area is 95.8 Å². The average Bonchev–Trinajstić information content (AvgIpc) is 2.18. The predicted octanol–water partition coefficient (Wildman–Crippen LogP) is 3.15. The molecule has 0 bridgehead atoms. The minimum atomic E-state index is -5.06. The largest absolute Gasteiger partial charge is 0.509 e. The van der Waals surface area contributed by atoms with Crippen molar-refractivity contribution in [2.24, 2.45) is 5.11 Å². The van der Waals surface area contributed by atoms with E-state index in [1.807, 2.05) is 0 Å². The van der Waals surface area contributed by atoms with Crippen LogP contribution in [-0.4, -0.2) is 6.98 Å². The quantitative estimate of drug-likeness (QED) is 0.280. The van der Waals surface area contributed by atoms with Crippen molar-refractivity contribution < 1.29 is 12.9 Å². The number of halogens is 3. The Morgan fingerprint density at radius 2 is 2.06 bits per heavy atom. The summed E-state index contributed by atoms with van der Waals surface area (Å²) in [5.41, 5.74) is 8.36. The molecule has 0 aromatic heterocycles. The number of rotatable bonds is 3. The SMILES string of the molecule is Cc1c(S)cc([B-](F)(F)F)cc1CN=[N+]=[N-]. The summed E-state index contributed by atoms with van der Waals surface area (Å²) in [6, 6.07) is 1.99. The molecule has 0 aliphatic heterocycles. The van der Waals surface area contributed by atoms with Gasteiger partial charge < -0.3 is 12.9 Å². The van der Waals surface area contributed by atoms with Crippen molar-refractivity contribution in [1.82, 2.24) is 0 Å². The highest BCUT2D eigenvalue weighted by atomic mass is 32.1. The Kier molecular flexibility index (Phi) is 3.77. The maximum absolute atomic E-state index is 12.5. The van der Waals surface area contributed by atoms with Gasteiger partial charge in [0.25, 0.3) is 0 Å². The summed E-state index contributed by atoms with van der Waals surface area (Å²) in [7, 11) is 0. The lowest BCUT2D eigenvalue weighted by molar-refractivity contribution is 0.500. The van der Waals surface area contributed by atoms with Gasteiger partial charge in [0, 0.05) is 9.81 Å². The number of hydrogen-bond donors (Lipinski definition) is 1. The number of azide groups is 1. The van der Waals surface area contributed by atoms with Gasteiger partial charge in [-0.25, -0.2) is 0 Å². The minimum Gasteiger partial charge on any atom is -0.445 e. The minimum absolute atomic E-state index is 0.101. The Bertz CT molecular complexity index is 455. The molecule has 0 spiro atoms. The fraction of sp³-hybridized carbons (Fsp3) is 0.250. The molecule has 1 aromatic carbocycles.